The Morgan fingerprint density at radius 1 is 1.35 bits per heavy atom. The van der Waals surface area contributed by atoms with Crippen LogP contribution in [0.5, 0.6) is 5.75 Å². The predicted molar refractivity (Wildman–Crippen MR) is 66.9 cm³/mol. The van der Waals surface area contributed by atoms with E-state index in [1.165, 1.54) is 0 Å². The van der Waals surface area contributed by atoms with Crippen LogP contribution in [0.1, 0.15) is 19.8 Å². The molecule has 17 heavy (non-hydrogen) atoms. The van der Waals surface area contributed by atoms with Crippen LogP contribution in [0.3, 0.4) is 0 Å². The first-order chi connectivity index (χ1) is 8.03. The van der Waals surface area contributed by atoms with Gasteiger partial charge in [0.2, 0.25) is 0 Å². The van der Waals surface area contributed by atoms with Crippen molar-refractivity contribution in [3.8, 4) is 5.75 Å². The molecule has 0 aliphatic heterocycles. The molecule has 0 atom stereocenters. The molecule has 0 spiro atoms. The maximum absolute atomic E-state index is 10.6. The summed E-state index contributed by atoms with van der Waals surface area (Å²) >= 11 is 0. The van der Waals surface area contributed by atoms with Crippen molar-refractivity contribution in [1.82, 2.24) is 0 Å². The second-order valence-corrected chi connectivity index (χ2v) is 5.05. The largest absolute Gasteiger partial charge is 0.491 e. The van der Waals surface area contributed by atoms with Gasteiger partial charge in [0.05, 0.1) is 12.3 Å². The number of benzene rings is 1. The minimum atomic E-state index is -4.03. The molecule has 0 aliphatic carbocycles. The van der Waals surface area contributed by atoms with E-state index in [-0.39, 0.29) is 0 Å². The smallest absolute Gasteiger partial charge is 0.283 e. The zero-order valence-corrected chi connectivity index (χ0v) is 10.5. The molecule has 0 radical (unpaired) electrons. The van der Waals surface area contributed by atoms with Crippen molar-refractivity contribution in [3.05, 3.63) is 24.3 Å². The number of anilines is 1. The lowest BCUT2D eigenvalue weighted by Crippen LogP contribution is -2.13. The van der Waals surface area contributed by atoms with E-state index in [0.29, 0.717) is 18.0 Å². The van der Waals surface area contributed by atoms with Gasteiger partial charge in [0.25, 0.3) is 10.1 Å². The summed E-state index contributed by atoms with van der Waals surface area (Å²) in [7, 11) is -4.03. The third kappa shape index (κ3) is 5.55. The standard InChI is InChI=1S/C11H17NO4S/c1-2-3-8-16-11-7-5-4-6-10(11)12-9-17(13,14)15/h4-7,12H,2-3,8-9H2,1H3,(H,13,14,15). The van der Waals surface area contributed by atoms with Crippen LogP contribution in [0.2, 0.25) is 0 Å². The summed E-state index contributed by atoms with van der Waals surface area (Å²) in [5.41, 5.74) is 0.557. The van der Waals surface area contributed by atoms with Crippen LogP contribution in [0.4, 0.5) is 5.69 Å². The van der Waals surface area contributed by atoms with Gasteiger partial charge in [-0.3, -0.25) is 4.55 Å². The number of hydrogen-bond acceptors (Lipinski definition) is 4. The van der Waals surface area contributed by atoms with E-state index < -0.39 is 16.0 Å². The van der Waals surface area contributed by atoms with E-state index in [1.54, 1.807) is 24.3 Å². The van der Waals surface area contributed by atoms with Crippen molar-refractivity contribution in [1.29, 1.82) is 0 Å². The van der Waals surface area contributed by atoms with E-state index in [4.69, 9.17) is 9.29 Å². The van der Waals surface area contributed by atoms with E-state index in [0.717, 1.165) is 12.8 Å². The third-order valence-electron chi connectivity index (χ3n) is 2.09. The molecule has 0 amide bonds. The molecule has 0 unspecified atom stereocenters. The Hall–Kier alpha value is -1.27. The van der Waals surface area contributed by atoms with Crippen molar-refractivity contribution < 1.29 is 17.7 Å². The molecular weight excluding hydrogens is 242 g/mol. The number of nitrogens with one attached hydrogen (secondary N) is 1. The van der Waals surface area contributed by atoms with Gasteiger partial charge in [-0.25, -0.2) is 0 Å². The molecule has 0 fully saturated rings. The summed E-state index contributed by atoms with van der Waals surface area (Å²) in [6.07, 6.45) is 1.97. The monoisotopic (exact) mass is 259 g/mol. The topological polar surface area (TPSA) is 75.6 Å². The highest BCUT2D eigenvalue weighted by atomic mass is 32.2. The van der Waals surface area contributed by atoms with Crippen LogP contribution in [0, 0.1) is 0 Å². The lowest BCUT2D eigenvalue weighted by Gasteiger charge is -2.11. The quantitative estimate of drug-likeness (QED) is 0.579. The van der Waals surface area contributed by atoms with E-state index in [9.17, 15) is 8.42 Å². The SMILES string of the molecule is CCCCOc1ccccc1NCS(=O)(=O)O. The average molecular weight is 259 g/mol. The molecule has 2 N–H and O–H groups in total. The lowest BCUT2D eigenvalue weighted by atomic mass is 10.3. The summed E-state index contributed by atoms with van der Waals surface area (Å²) in [6, 6.07) is 7.02. The number of unbranched alkanes of at least 4 members (excludes halogenated alkanes) is 1. The average Bonchev–Trinajstić information content (AvgIpc) is 2.27. The van der Waals surface area contributed by atoms with Crippen LogP contribution in [0.25, 0.3) is 0 Å². The zero-order chi connectivity index (χ0) is 12.7. The molecule has 6 heteroatoms. The number of hydrogen-bond donors (Lipinski definition) is 2. The van der Waals surface area contributed by atoms with Gasteiger partial charge in [-0.15, -0.1) is 0 Å². The van der Waals surface area contributed by atoms with Crippen molar-refractivity contribution >= 4 is 15.8 Å². The fourth-order valence-electron chi connectivity index (χ4n) is 1.23. The predicted octanol–water partition coefficient (Wildman–Crippen LogP) is 2.12. The van der Waals surface area contributed by atoms with Gasteiger partial charge in [0.1, 0.15) is 11.6 Å². The third-order valence-corrected chi connectivity index (χ3v) is 2.60. The minimum Gasteiger partial charge on any atom is -0.491 e. The second kappa shape index (κ2) is 6.46. The molecule has 1 rings (SSSR count). The fraction of sp³-hybridized carbons (Fsp3) is 0.455. The molecular formula is C11H17NO4S. The first kappa shape index (κ1) is 13.8. The molecule has 1 aromatic carbocycles. The van der Waals surface area contributed by atoms with Crippen molar-refractivity contribution in [3.63, 3.8) is 0 Å². The Morgan fingerprint density at radius 2 is 2.06 bits per heavy atom. The van der Waals surface area contributed by atoms with E-state index >= 15 is 0 Å². The lowest BCUT2D eigenvalue weighted by molar-refractivity contribution is 0.311. The normalized spacial score (nSPS) is 11.2. The summed E-state index contributed by atoms with van der Waals surface area (Å²) in [5.74, 6) is 0.0610. The van der Waals surface area contributed by atoms with Crippen LogP contribution >= 0.6 is 0 Å². The van der Waals surface area contributed by atoms with Crippen molar-refractivity contribution in [2.75, 3.05) is 17.8 Å². The van der Waals surface area contributed by atoms with Gasteiger partial charge in [-0.1, -0.05) is 25.5 Å². The summed E-state index contributed by atoms with van der Waals surface area (Å²) < 4.78 is 35.4. The first-order valence-electron chi connectivity index (χ1n) is 5.44. The highest BCUT2D eigenvalue weighted by molar-refractivity contribution is 7.85. The first-order valence-corrected chi connectivity index (χ1v) is 7.04. The zero-order valence-electron chi connectivity index (χ0n) is 9.72. The molecule has 0 bridgehead atoms. The molecule has 0 aliphatic rings. The van der Waals surface area contributed by atoms with Gasteiger partial charge in [0, 0.05) is 0 Å². The molecule has 0 heterocycles. The molecule has 1 aromatic rings. The Kier molecular flexibility index (Phi) is 5.24. The summed E-state index contributed by atoms with van der Waals surface area (Å²) in [5, 5.41) is 2.62. The Balaban J connectivity index is 2.64. The van der Waals surface area contributed by atoms with Crippen LogP contribution in [0.15, 0.2) is 24.3 Å². The number of ether oxygens (including phenoxy) is 1. The maximum atomic E-state index is 10.6. The fourth-order valence-corrected chi connectivity index (χ4v) is 1.57. The Labute approximate surface area is 102 Å². The molecule has 0 saturated heterocycles. The molecule has 5 nitrogen and oxygen atoms in total. The summed E-state index contributed by atoms with van der Waals surface area (Å²) in [6.45, 7) is 2.65. The van der Waals surface area contributed by atoms with Crippen LogP contribution in [-0.4, -0.2) is 25.5 Å². The highest BCUT2D eigenvalue weighted by Crippen LogP contribution is 2.23. The van der Waals surface area contributed by atoms with Gasteiger partial charge < -0.3 is 10.1 Å². The van der Waals surface area contributed by atoms with Crippen LogP contribution in [-0.2, 0) is 10.1 Å². The van der Waals surface area contributed by atoms with Gasteiger partial charge in [0.15, 0.2) is 0 Å². The van der Waals surface area contributed by atoms with Gasteiger partial charge in [-0.2, -0.15) is 8.42 Å². The summed E-state index contributed by atoms with van der Waals surface area (Å²) in [4.78, 5) is 0. The van der Waals surface area contributed by atoms with E-state index in [1.807, 2.05) is 0 Å². The van der Waals surface area contributed by atoms with E-state index in [2.05, 4.69) is 12.2 Å². The Bertz CT molecular complexity index is 445. The van der Waals surface area contributed by atoms with Crippen molar-refractivity contribution in [2.24, 2.45) is 0 Å². The number of rotatable bonds is 7. The van der Waals surface area contributed by atoms with Gasteiger partial charge >= 0.3 is 0 Å². The molecule has 96 valence electrons. The Morgan fingerprint density at radius 3 is 2.71 bits per heavy atom. The highest BCUT2D eigenvalue weighted by Gasteiger charge is 2.07. The second-order valence-electron chi connectivity index (χ2n) is 3.60. The van der Waals surface area contributed by atoms with Crippen LogP contribution < -0.4 is 10.1 Å². The minimum absolute atomic E-state index is 0.527. The number of para-hydroxylation sites is 2. The molecule has 0 saturated carbocycles. The maximum Gasteiger partial charge on any atom is 0.283 e. The molecule has 0 aromatic heterocycles. The van der Waals surface area contributed by atoms with Crippen molar-refractivity contribution in [2.45, 2.75) is 19.8 Å². The van der Waals surface area contributed by atoms with Gasteiger partial charge in [-0.05, 0) is 18.6 Å².